The number of carbonyl (C=O) groups is 3. The summed E-state index contributed by atoms with van der Waals surface area (Å²) in [5.41, 5.74) is 1.14. The van der Waals surface area contributed by atoms with Gasteiger partial charge in [-0.15, -0.1) is 0 Å². The van der Waals surface area contributed by atoms with Gasteiger partial charge in [0.1, 0.15) is 5.54 Å². The van der Waals surface area contributed by atoms with Crippen LogP contribution in [0.2, 0.25) is 0 Å². The first-order valence-electron chi connectivity index (χ1n) is 11.7. The smallest absolute Gasteiger partial charge is 0.250 e. The highest BCUT2D eigenvalue weighted by Gasteiger charge is 2.71. The number of anilines is 1. The van der Waals surface area contributed by atoms with Gasteiger partial charge in [0.2, 0.25) is 17.7 Å². The number of fused-ring (bicyclic) bond motifs is 4. The molecule has 166 valence electrons. The first-order valence-corrected chi connectivity index (χ1v) is 11.7. The molecule has 1 spiro atoms. The minimum atomic E-state index is -1.32. The molecule has 3 N–H and O–H groups in total. The van der Waals surface area contributed by atoms with Gasteiger partial charge >= 0.3 is 0 Å². The van der Waals surface area contributed by atoms with Gasteiger partial charge in [-0.2, -0.15) is 0 Å². The number of aliphatic hydroxyl groups is 1. The fourth-order valence-electron chi connectivity index (χ4n) is 6.31. The minimum Gasteiger partial charge on any atom is -0.392 e. The molecule has 5 rings (SSSR count). The van der Waals surface area contributed by atoms with Crippen molar-refractivity contribution >= 4 is 23.4 Å². The topological polar surface area (TPSA) is 98.7 Å². The van der Waals surface area contributed by atoms with Crippen LogP contribution in [0.15, 0.2) is 18.2 Å². The molecule has 1 aromatic carbocycles. The zero-order chi connectivity index (χ0) is 21.9. The van der Waals surface area contributed by atoms with Crippen molar-refractivity contribution in [3.8, 4) is 0 Å². The van der Waals surface area contributed by atoms with Gasteiger partial charge in [0, 0.05) is 23.3 Å². The van der Waals surface area contributed by atoms with Gasteiger partial charge in [-0.1, -0.05) is 44.7 Å². The monoisotopic (exact) mass is 425 g/mol. The van der Waals surface area contributed by atoms with Crippen molar-refractivity contribution in [3.05, 3.63) is 29.3 Å². The lowest BCUT2D eigenvalue weighted by molar-refractivity contribution is -0.146. The molecule has 3 fully saturated rings. The molecule has 1 saturated carbocycles. The molecule has 4 aliphatic rings. The van der Waals surface area contributed by atoms with Crippen molar-refractivity contribution in [2.24, 2.45) is 11.8 Å². The molecule has 3 heterocycles. The molecular weight excluding hydrogens is 394 g/mol. The molecule has 5 atom stereocenters. The van der Waals surface area contributed by atoms with Crippen molar-refractivity contribution < 1.29 is 19.5 Å². The Hall–Kier alpha value is -2.25. The number of amides is 3. The van der Waals surface area contributed by atoms with E-state index in [0.29, 0.717) is 5.69 Å². The van der Waals surface area contributed by atoms with Crippen molar-refractivity contribution in [2.45, 2.75) is 82.5 Å². The van der Waals surface area contributed by atoms with Gasteiger partial charge in [0.15, 0.2) is 0 Å². The average molecular weight is 426 g/mol. The molecule has 0 bridgehead atoms. The van der Waals surface area contributed by atoms with E-state index in [1.54, 1.807) is 6.92 Å². The van der Waals surface area contributed by atoms with Crippen LogP contribution in [0.4, 0.5) is 5.69 Å². The Morgan fingerprint density at radius 2 is 1.84 bits per heavy atom. The summed E-state index contributed by atoms with van der Waals surface area (Å²) in [6.07, 6.45) is 5.82. The predicted molar refractivity (Wildman–Crippen MR) is 115 cm³/mol. The van der Waals surface area contributed by atoms with Gasteiger partial charge in [0.25, 0.3) is 0 Å². The maximum atomic E-state index is 13.9. The van der Waals surface area contributed by atoms with Crippen LogP contribution in [0.1, 0.15) is 63.5 Å². The summed E-state index contributed by atoms with van der Waals surface area (Å²) in [5, 5.41) is 16.8. The molecule has 3 aliphatic heterocycles. The molecule has 7 nitrogen and oxygen atoms in total. The van der Waals surface area contributed by atoms with Gasteiger partial charge in [-0.05, 0) is 37.8 Å². The summed E-state index contributed by atoms with van der Waals surface area (Å²) in [6.45, 7) is 3.66. The Kier molecular flexibility index (Phi) is 4.94. The van der Waals surface area contributed by atoms with Gasteiger partial charge in [0.05, 0.1) is 17.9 Å². The van der Waals surface area contributed by atoms with Crippen LogP contribution in [0, 0.1) is 11.8 Å². The van der Waals surface area contributed by atoms with Gasteiger partial charge < -0.3 is 10.4 Å². The molecular formula is C24H31N3O4. The number of hydrogen-bond acceptors (Lipinski definition) is 5. The van der Waals surface area contributed by atoms with Gasteiger partial charge in [-0.3, -0.25) is 24.6 Å². The van der Waals surface area contributed by atoms with Crippen LogP contribution in [0.3, 0.4) is 0 Å². The molecule has 1 aromatic rings. The summed E-state index contributed by atoms with van der Waals surface area (Å²) < 4.78 is 0. The molecule has 3 amide bonds. The van der Waals surface area contributed by atoms with Gasteiger partial charge in [-0.25, -0.2) is 0 Å². The lowest BCUT2D eigenvalue weighted by Crippen LogP contribution is -2.55. The molecule has 1 aliphatic carbocycles. The fourth-order valence-corrected chi connectivity index (χ4v) is 6.31. The molecule has 0 unspecified atom stereocenters. The van der Waals surface area contributed by atoms with Crippen LogP contribution in [0.25, 0.3) is 0 Å². The third-order valence-electron chi connectivity index (χ3n) is 7.87. The summed E-state index contributed by atoms with van der Waals surface area (Å²) in [6, 6.07) is 5.05. The Labute approximate surface area is 182 Å². The second kappa shape index (κ2) is 7.41. The van der Waals surface area contributed by atoms with Crippen molar-refractivity contribution in [1.82, 2.24) is 10.2 Å². The quantitative estimate of drug-likeness (QED) is 0.509. The number of likely N-dealkylation sites (tertiary alicyclic amines) is 1. The Balaban J connectivity index is 1.63. The zero-order valence-electron chi connectivity index (χ0n) is 18.2. The molecule has 0 aromatic heterocycles. The number of nitrogens with one attached hydrogen (secondary N) is 2. The summed E-state index contributed by atoms with van der Waals surface area (Å²) in [4.78, 5) is 42.4. The maximum absolute atomic E-state index is 13.9. The van der Waals surface area contributed by atoms with Crippen LogP contribution >= 0.6 is 0 Å². The van der Waals surface area contributed by atoms with E-state index < -0.39 is 29.5 Å². The SMILES string of the molecule is CCc1ccc2c(c1)[C@]1(N[C@H]([C@@H](C)O)[C@H]3C(=O)N(C4CCCCCC4)C(=O)[C@H]31)C(=O)N2. The number of nitrogens with zero attached hydrogens (tertiary/aromatic N) is 1. The van der Waals surface area contributed by atoms with E-state index in [9.17, 15) is 19.5 Å². The minimum absolute atomic E-state index is 0.106. The Morgan fingerprint density at radius 3 is 2.48 bits per heavy atom. The van der Waals surface area contributed by atoms with E-state index in [2.05, 4.69) is 10.6 Å². The first-order chi connectivity index (χ1) is 14.9. The molecule has 7 heteroatoms. The van der Waals surface area contributed by atoms with E-state index >= 15 is 0 Å². The Bertz CT molecular complexity index is 937. The fraction of sp³-hybridized carbons (Fsp3) is 0.625. The number of imide groups is 1. The second-order valence-corrected chi connectivity index (χ2v) is 9.60. The van der Waals surface area contributed by atoms with E-state index in [1.807, 2.05) is 25.1 Å². The van der Waals surface area contributed by atoms with Crippen LogP contribution in [0.5, 0.6) is 0 Å². The molecule has 31 heavy (non-hydrogen) atoms. The standard InChI is InChI=1S/C24H31N3O4/c1-3-14-10-11-17-16(12-14)24(23(31)25-17)19-18(20(26-24)13(2)28)21(29)27(22(19)30)15-8-6-4-5-7-9-15/h10-13,15,18-20,26,28H,3-9H2,1-2H3,(H,25,31)/t13-,18+,19+,20-,24-/m1/s1. The van der Waals surface area contributed by atoms with Crippen LogP contribution < -0.4 is 10.6 Å². The number of hydrogen-bond donors (Lipinski definition) is 3. The molecule has 0 radical (unpaired) electrons. The van der Waals surface area contributed by atoms with Crippen molar-refractivity contribution in [1.29, 1.82) is 0 Å². The first kappa shape index (κ1) is 20.6. The second-order valence-electron chi connectivity index (χ2n) is 9.60. The van der Waals surface area contributed by atoms with E-state index in [1.165, 1.54) is 4.90 Å². The average Bonchev–Trinajstić information content (AvgIpc) is 3.23. The van der Waals surface area contributed by atoms with E-state index in [0.717, 1.165) is 56.1 Å². The Morgan fingerprint density at radius 1 is 1.13 bits per heavy atom. The molecule has 2 saturated heterocycles. The largest absolute Gasteiger partial charge is 0.392 e. The van der Waals surface area contributed by atoms with E-state index in [4.69, 9.17) is 0 Å². The summed E-state index contributed by atoms with van der Waals surface area (Å²) in [5.74, 6) is -2.38. The number of rotatable bonds is 3. The highest BCUT2D eigenvalue weighted by molar-refractivity contribution is 6.15. The summed E-state index contributed by atoms with van der Waals surface area (Å²) in [7, 11) is 0. The lowest BCUT2D eigenvalue weighted by atomic mass is 9.76. The van der Waals surface area contributed by atoms with Crippen LogP contribution in [-0.4, -0.2) is 45.9 Å². The zero-order valence-corrected chi connectivity index (χ0v) is 18.2. The predicted octanol–water partition coefficient (Wildman–Crippen LogP) is 2.07. The third-order valence-corrected chi connectivity index (χ3v) is 7.87. The number of aliphatic hydroxyl groups excluding tert-OH is 1. The summed E-state index contributed by atoms with van der Waals surface area (Å²) >= 11 is 0. The highest BCUT2D eigenvalue weighted by Crippen LogP contribution is 2.54. The van der Waals surface area contributed by atoms with Crippen LogP contribution in [-0.2, 0) is 26.3 Å². The highest BCUT2D eigenvalue weighted by atomic mass is 16.3. The maximum Gasteiger partial charge on any atom is 0.250 e. The van der Waals surface area contributed by atoms with Crippen molar-refractivity contribution in [3.63, 3.8) is 0 Å². The number of aryl methyl sites for hydroxylation is 1. The number of benzene rings is 1. The third kappa shape index (κ3) is 2.82. The van der Waals surface area contributed by atoms with Crippen molar-refractivity contribution in [2.75, 3.05) is 5.32 Å². The normalized spacial score (nSPS) is 34.1. The lowest BCUT2D eigenvalue weighted by Gasteiger charge is -2.32. The van der Waals surface area contributed by atoms with E-state index in [-0.39, 0.29) is 23.8 Å². The number of carbonyl (C=O) groups excluding carboxylic acids is 3.